The summed E-state index contributed by atoms with van der Waals surface area (Å²) in [6, 6.07) is 20.2. The molecule has 1 aromatic heterocycles. The molecule has 4 rings (SSSR count). The molecule has 0 bridgehead atoms. The first-order valence-corrected chi connectivity index (χ1v) is 12.0. The van der Waals surface area contributed by atoms with E-state index in [9.17, 15) is 9.59 Å². The van der Waals surface area contributed by atoms with Crippen molar-refractivity contribution in [1.29, 1.82) is 0 Å². The molecule has 2 aromatic carbocycles. The standard InChI is InChI=1S/C26H26Cl2N4O2/c27-23-12-11-19(15-24(23)28)16-32(18-22-10-4-5-13-29-22)25(33)20-7-6-14-31(17-20)26(34)30-21-8-2-1-3-9-21/h1-5,8-13,15,20H,6-7,14,16-18H2,(H,30,34). The van der Waals surface area contributed by atoms with Gasteiger partial charge < -0.3 is 15.1 Å². The number of carbonyl (C=O) groups is 2. The molecule has 8 heteroatoms. The molecular formula is C26H26Cl2N4O2. The summed E-state index contributed by atoms with van der Waals surface area (Å²) >= 11 is 12.3. The van der Waals surface area contributed by atoms with Crippen LogP contribution in [0.4, 0.5) is 10.5 Å². The van der Waals surface area contributed by atoms with Crippen LogP contribution in [0, 0.1) is 5.92 Å². The van der Waals surface area contributed by atoms with Crippen LogP contribution in [0.25, 0.3) is 0 Å². The number of piperidine rings is 1. The van der Waals surface area contributed by atoms with E-state index in [0.29, 0.717) is 36.2 Å². The smallest absolute Gasteiger partial charge is 0.321 e. The van der Waals surface area contributed by atoms with Gasteiger partial charge in [-0.2, -0.15) is 0 Å². The van der Waals surface area contributed by atoms with E-state index in [1.54, 1.807) is 28.1 Å². The van der Waals surface area contributed by atoms with E-state index in [4.69, 9.17) is 23.2 Å². The lowest BCUT2D eigenvalue weighted by Crippen LogP contribution is -2.47. The van der Waals surface area contributed by atoms with E-state index in [0.717, 1.165) is 29.8 Å². The quantitative estimate of drug-likeness (QED) is 0.464. The van der Waals surface area contributed by atoms with Crippen molar-refractivity contribution in [2.75, 3.05) is 18.4 Å². The highest BCUT2D eigenvalue weighted by molar-refractivity contribution is 6.42. The molecule has 34 heavy (non-hydrogen) atoms. The maximum Gasteiger partial charge on any atom is 0.321 e. The Morgan fingerprint density at radius 2 is 1.79 bits per heavy atom. The minimum atomic E-state index is -0.290. The highest BCUT2D eigenvalue weighted by Gasteiger charge is 2.31. The number of amides is 3. The Morgan fingerprint density at radius 3 is 2.53 bits per heavy atom. The topological polar surface area (TPSA) is 65.5 Å². The van der Waals surface area contributed by atoms with E-state index in [-0.39, 0.29) is 17.9 Å². The number of anilines is 1. The summed E-state index contributed by atoms with van der Waals surface area (Å²) in [5, 5.41) is 3.84. The second-order valence-electron chi connectivity index (χ2n) is 8.35. The number of likely N-dealkylation sites (tertiary alicyclic amines) is 1. The number of aromatic nitrogens is 1. The molecule has 1 N–H and O–H groups in total. The molecule has 1 atom stereocenters. The molecule has 1 aliphatic heterocycles. The minimum absolute atomic E-state index is 0.00561. The van der Waals surface area contributed by atoms with Crippen molar-refractivity contribution in [2.45, 2.75) is 25.9 Å². The Morgan fingerprint density at radius 1 is 1.00 bits per heavy atom. The van der Waals surface area contributed by atoms with Gasteiger partial charge in [-0.25, -0.2) is 4.79 Å². The van der Waals surface area contributed by atoms with Gasteiger partial charge in [0.1, 0.15) is 0 Å². The zero-order valence-electron chi connectivity index (χ0n) is 18.7. The predicted octanol–water partition coefficient (Wildman–Crippen LogP) is 5.86. The normalized spacial score (nSPS) is 15.6. The molecule has 0 spiro atoms. The Kier molecular flexibility index (Phi) is 8.03. The summed E-state index contributed by atoms with van der Waals surface area (Å²) in [4.78, 5) is 34.4. The van der Waals surface area contributed by atoms with Crippen molar-refractivity contribution >= 4 is 40.8 Å². The minimum Gasteiger partial charge on any atom is -0.332 e. The third-order valence-corrected chi connectivity index (χ3v) is 6.57. The summed E-state index contributed by atoms with van der Waals surface area (Å²) in [5.41, 5.74) is 2.41. The predicted molar refractivity (Wildman–Crippen MR) is 135 cm³/mol. The highest BCUT2D eigenvalue weighted by Crippen LogP contribution is 2.26. The summed E-state index contributed by atoms with van der Waals surface area (Å²) in [7, 11) is 0. The van der Waals surface area contributed by atoms with Gasteiger partial charge in [0.05, 0.1) is 28.2 Å². The van der Waals surface area contributed by atoms with E-state index < -0.39 is 0 Å². The van der Waals surface area contributed by atoms with Crippen LogP contribution in [0.2, 0.25) is 10.0 Å². The molecule has 1 unspecified atom stereocenters. The van der Waals surface area contributed by atoms with Crippen molar-refractivity contribution < 1.29 is 9.59 Å². The number of pyridine rings is 1. The van der Waals surface area contributed by atoms with Crippen LogP contribution in [-0.2, 0) is 17.9 Å². The largest absolute Gasteiger partial charge is 0.332 e. The van der Waals surface area contributed by atoms with Crippen molar-refractivity contribution in [3.05, 3.63) is 94.2 Å². The summed E-state index contributed by atoms with van der Waals surface area (Å²) in [5.74, 6) is -0.296. The van der Waals surface area contributed by atoms with Crippen molar-refractivity contribution in [2.24, 2.45) is 5.92 Å². The van der Waals surface area contributed by atoms with Gasteiger partial charge in [-0.1, -0.05) is 53.5 Å². The summed E-state index contributed by atoms with van der Waals surface area (Å²) in [6.07, 6.45) is 3.21. The van der Waals surface area contributed by atoms with Gasteiger partial charge in [0.2, 0.25) is 5.91 Å². The van der Waals surface area contributed by atoms with Gasteiger partial charge in [0.25, 0.3) is 0 Å². The van der Waals surface area contributed by atoms with E-state index in [1.807, 2.05) is 54.6 Å². The molecule has 1 saturated heterocycles. The second-order valence-corrected chi connectivity index (χ2v) is 9.16. The number of urea groups is 1. The van der Waals surface area contributed by atoms with Crippen molar-refractivity contribution in [3.8, 4) is 0 Å². The molecule has 0 saturated carbocycles. The fourth-order valence-corrected chi connectivity index (χ4v) is 4.42. The number of nitrogens with one attached hydrogen (secondary N) is 1. The molecule has 176 valence electrons. The van der Waals surface area contributed by atoms with Crippen LogP contribution in [0.5, 0.6) is 0 Å². The number of rotatable bonds is 6. The lowest BCUT2D eigenvalue weighted by Gasteiger charge is -2.35. The zero-order valence-corrected chi connectivity index (χ0v) is 20.2. The number of hydrogen-bond acceptors (Lipinski definition) is 3. The van der Waals surface area contributed by atoms with Gasteiger partial charge in [0, 0.05) is 31.5 Å². The van der Waals surface area contributed by atoms with Crippen LogP contribution in [-0.4, -0.2) is 39.8 Å². The van der Waals surface area contributed by atoms with E-state index in [1.165, 1.54) is 0 Å². The average Bonchev–Trinajstić information content (AvgIpc) is 2.87. The van der Waals surface area contributed by atoms with Crippen LogP contribution < -0.4 is 5.32 Å². The molecule has 1 fully saturated rings. The van der Waals surface area contributed by atoms with Crippen LogP contribution in [0.3, 0.4) is 0 Å². The highest BCUT2D eigenvalue weighted by atomic mass is 35.5. The maximum atomic E-state index is 13.7. The molecule has 3 amide bonds. The molecular weight excluding hydrogens is 471 g/mol. The molecule has 0 aliphatic carbocycles. The number of benzene rings is 2. The van der Waals surface area contributed by atoms with E-state index in [2.05, 4.69) is 10.3 Å². The van der Waals surface area contributed by atoms with Crippen LogP contribution in [0.15, 0.2) is 72.9 Å². The zero-order chi connectivity index (χ0) is 23.9. The van der Waals surface area contributed by atoms with Gasteiger partial charge in [-0.05, 0) is 54.8 Å². The number of halogens is 2. The SMILES string of the molecule is O=C(Nc1ccccc1)N1CCCC(C(=O)N(Cc2ccc(Cl)c(Cl)c2)Cc2ccccn2)C1. The summed E-state index contributed by atoms with van der Waals surface area (Å²) < 4.78 is 0. The fraction of sp³-hybridized carbons (Fsp3) is 0.269. The average molecular weight is 497 g/mol. The molecule has 3 aromatic rings. The number of nitrogens with zero attached hydrogens (tertiary/aromatic N) is 3. The molecule has 2 heterocycles. The van der Waals surface area contributed by atoms with Gasteiger partial charge in [0.15, 0.2) is 0 Å². The monoisotopic (exact) mass is 496 g/mol. The first-order chi connectivity index (χ1) is 16.5. The third kappa shape index (κ3) is 6.27. The molecule has 6 nitrogen and oxygen atoms in total. The Hall–Kier alpha value is -3.09. The Bertz CT molecular complexity index is 1130. The van der Waals surface area contributed by atoms with Crippen LogP contribution >= 0.6 is 23.2 Å². The van der Waals surface area contributed by atoms with Crippen molar-refractivity contribution in [3.63, 3.8) is 0 Å². The maximum absolute atomic E-state index is 13.7. The lowest BCUT2D eigenvalue weighted by atomic mass is 9.96. The van der Waals surface area contributed by atoms with Crippen LogP contribution in [0.1, 0.15) is 24.1 Å². The number of para-hydroxylation sites is 1. The van der Waals surface area contributed by atoms with Crippen molar-refractivity contribution in [1.82, 2.24) is 14.8 Å². The number of hydrogen-bond donors (Lipinski definition) is 1. The fourth-order valence-electron chi connectivity index (χ4n) is 4.10. The molecule has 1 aliphatic rings. The van der Waals surface area contributed by atoms with Gasteiger partial charge in [-0.3, -0.25) is 9.78 Å². The lowest BCUT2D eigenvalue weighted by molar-refractivity contribution is -0.138. The first-order valence-electron chi connectivity index (χ1n) is 11.2. The first kappa shape index (κ1) is 24.0. The summed E-state index contributed by atoms with van der Waals surface area (Å²) in [6.45, 7) is 1.73. The van der Waals surface area contributed by atoms with E-state index >= 15 is 0 Å². The third-order valence-electron chi connectivity index (χ3n) is 5.83. The Labute approximate surface area is 209 Å². The van der Waals surface area contributed by atoms with Gasteiger partial charge >= 0.3 is 6.03 Å². The Balaban J connectivity index is 1.48. The molecule has 0 radical (unpaired) electrons. The van der Waals surface area contributed by atoms with Gasteiger partial charge in [-0.15, -0.1) is 0 Å². The number of carbonyl (C=O) groups excluding carboxylic acids is 2. The second kappa shape index (κ2) is 11.4.